The lowest BCUT2D eigenvalue weighted by Crippen LogP contribution is -2.29. The minimum Gasteiger partial charge on any atom is -0.492 e. The maximum Gasteiger partial charge on any atom is 0.317 e. The highest BCUT2D eigenvalue weighted by Gasteiger charge is 2.04. The molecule has 1 aromatic rings. The molecule has 17 heavy (non-hydrogen) atoms. The van der Waals surface area contributed by atoms with Crippen molar-refractivity contribution in [3.63, 3.8) is 0 Å². The minimum absolute atomic E-state index is 0.0379. The summed E-state index contributed by atoms with van der Waals surface area (Å²) in [4.78, 5) is 12.2. The zero-order valence-electron chi connectivity index (χ0n) is 10.6. The Hall–Kier alpha value is -1.55. The monoisotopic (exact) mass is 237 g/mol. The fourth-order valence-electron chi connectivity index (χ4n) is 1.65. The summed E-state index contributed by atoms with van der Waals surface area (Å²) in [6.07, 6.45) is 0. The fourth-order valence-corrected chi connectivity index (χ4v) is 1.65. The second-order valence-electron chi connectivity index (χ2n) is 4.30. The molecule has 1 rings (SSSR count). The van der Waals surface area contributed by atoms with Gasteiger partial charge in [-0.25, -0.2) is 0 Å². The van der Waals surface area contributed by atoms with Gasteiger partial charge in [0.05, 0.1) is 6.54 Å². The van der Waals surface area contributed by atoms with Crippen molar-refractivity contribution in [3.8, 4) is 5.75 Å². The number of carboxylic acid groups (broad SMARTS) is 1. The number of aliphatic carboxylic acids is 1. The van der Waals surface area contributed by atoms with Gasteiger partial charge in [-0.3, -0.25) is 9.69 Å². The van der Waals surface area contributed by atoms with E-state index < -0.39 is 5.97 Å². The number of hydrogen-bond donors (Lipinski definition) is 1. The van der Waals surface area contributed by atoms with Crippen molar-refractivity contribution in [1.29, 1.82) is 0 Å². The summed E-state index contributed by atoms with van der Waals surface area (Å²) in [5.74, 6) is 0.0186. The third kappa shape index (κ3) is 5.36. The highest BCUT2D eigenvalue weighted by atomic mass is 16.5. The van der Waals surface area contributed by atoms with Crippen molar-refractivity contribution in [2.24, 2.45) is 0 Å². The quantitative estimate of drug-likeness (QED) is 0.818. The smallest absolute Gasteiger partial charge is 0.317 e. The third-order valence-corrected chi connectivity index (χ3v) is 2.34. The zero-order valence-corrected chi connectivity index (χ0v) is 10.6. The SMILES string of the molecule is Cc1cc(C)cc(OCCN(C)CC(=O)O)c1. The van der Waals surface area contributed by atoms with Gasteiger partial charge >= 0.3 is 5.97 Å². The normalized spacial score (nSPS) is 10.6. The lowest BCUT2D eigenvalue weighted by atomic mass is 10.1. The molecule has 4 heteroatoms. The summed E-state index contributed by atoms with van der Waals surface area (Å²) in [7, 11) is 1.76. The van der Waals surface area contributed by atoms with Crippen LogP contribution in [0.4, 0.5) is 0 Å². The van der Waals surface area contributed by atoms with E-state index in [2.05, 4.69) is 6.07 Å². The second-order valence-corrected chi connectivity index (χ2v) is 4.30. The van der Waals surface area contributed by atoms with Gasteiger partial charge in [-0.15, -0.1) is 0 Å². The van der Waals surface area contributed by atoms with E-state index in [-0.39, 0.29) is 6.54 Å². The molecule has 0 bridgehead atoms. The number of carboxylic acids is 1. The van der Waals surface area contributed by atoms with E-state index in [1.165, 1.54) is 11.1 Å². The van der Waals surface area contributed by atoms with Crippen molar-refractivity contribution in [2.75, 3.05) is 26.7 Å². The fraction of sp³-hybridized carbons (Fsp3) is 0.462. The van der Waals surface area contributed by atoms with Gasteiger partial charge in [0.15, 0.2) is 0 Å². The Morgan fingerprint density at radius 3 is 2.41 bits per heavy atom. The Balaban J connectivity index is 2.37. The summed E-state index contributed by atoms with van der Waals surface area (Å²) in [5, 5.41) is 8.59. The first kappa shape index (κ1) is 13.5. The number of ether oxygens (including phenoxy) is 1. The van der Waals surface area contributed by atoms with Crippen molar-refractivity contribution in [2.45, 2.75) is 13.8 Å². The molecule has 0 atom stereocenters. The molecule has 0 aliphatic rings. The van der Waals surface area contributed by atoms with Crippen LogP contribution in [0.5, 0.6) is 5.75 Å². The summed E-state index contributed by atoms with van der Waals surface area (Å²) in [5.41, 5.74) is 2.33. The van der Waals surface area contributed by atoms with Gasteiger partial charge in [0, 0.05) is 6.54 Å². The van der Waals surface area contributed by atoms with E-state index in [0.29, 0.717) is 13.2 Å². The van der Waals surface area contributed by atoms with Crippen molar-refractivity contribution in [3.05, 3.63) is 29.3 Å². The van der Waals surface area contributed by atoms with E-state index in [4.69, 9.17) is 9.84 Å². The molecular weight excluding hydrogens is 218 g/mol. The Labute approximate surface area is 102 Å². The van der Waals surface area contributed by atoms with Gasteiger partial charge in [-0.05, 0) is 44.2 Å². The average Bonchev–Trinajstić information content (AvgIpc) is 2.14. The highest BCUT2D eigenvalue weighted by Crippen LogP contribution is 2.15. The van der Waals surface area contributed by atoms with Crippen LogP contribution in [-0.4, -0.2) is 42.7 Å². The first-order valence-electron chi connectivity index (χ1n) is 5.59. The summed E-state index contributed by atoms with van der Waals surface area (Å²) in [6.45, 7) is 5.18. The van der Waals surface area contributed by atoms with E-state index >= 15 is 0 Å². The topological polar surface area (TPSA) is 49.8 Å². The zero-order chi connectivity index (χ0) is 12.8. The molecule has 0 unspecified atom stereocenters. The molecule has 1 aromatic carbocycles. The van der Waals surface area contributed by atoms with Crippen LogP contribution in [-0.2, 0) is 4.79 Å². The van der Waals surface area contributed by atoms with Crippen LogP contribution < -0.4 is 4.74 Å². The molecule has 0 radical (unpaired) electrons. The molecule has 1 N–H and O–H groups in total. The van der Waals surface area contributed by atoms with Crippen LogP contribution in [0.2, 0.25) is 0 Å². The summed E-state index contributed by atoms with van der Waals surface area (Å²) in [6, 6.07) is 6.04. The Kier molecular flexibility index (Phi) is 4.97. The lowest BCUT2D eigenvalue weighted by Gasteiger charge is -2.14. The van der Waals surface area contributed by atoms with E-state index in [1.54, 1.807) is 11.9 Å². The van der Waals surface area contributed by atoms with E-state index in [9.17, 15) is 4.79 Å². The number of hydrogen-bond acceptors (Lipinski definition) is 3. The van der Waals surface area contributed by atoms with Crippen molar-refractivity contribution < 1.29 is 14.6 Å². The van der Waals surface area contributed by atoms with Gasteiger partial charge in [-0.1, -0.05) is 6.07 Å². The van der Waals surface area contributed by atoms with E-state index in [1.807, 2.05) is 26.0 Å². The maximum atomic E-state index is 10.4. The second kappa shape index (κ2) is 6.25. The largest absolute Gasteiger partial charge is 0.492 e. The Morgan fingerprint density at radius 2 is 1.88 bits per heavy atom. The van der Waals surface area contributed by atoms with Gasteiger partial charge in [-0.2, -0.15) is 0 Å². The van der Waals surface area contributed by atoms with Crippen LogP contribution in [0.3, 0.4) is 0 Å². The number of likely N-dealkylation sites (N-methyl/N-ethyl adjacent to an activating group) is 1. The molecule has 0 fully saturated rings. The highest BCUT2D eigenvalue weighted by molar-refractivity contribution is 5.68. The molecule has 0 amide bonds. The maximum absolute atomic E-state index is 10.4. The number of aryl methyl sites for hydroxylation is 2. The van der Waals surface area contributed by atoms with Crippen molar-refractivity contribution in [1.82, 2.24) is 4.90 Å². The molecule has 0 heterocycles. The molecule has 4 nitrogen and oxygen atoms in total. The minimum atomic E-state index is -0.820. The molecular formula is C13H19NO3. The Morgan fingerprint density at radius 1 is 1.29 bits per heavy atom. The molecule has 0 aliphatic heterocycles. The number of carbonyl (C=O) groups is 1. The number of rotatable bonds is 6. The molecule has 0 saturated carbocycles. The van der Waals surface area contributed by atoms with Gasteiger partial charge in [0.1, 0.15) is 12.4 Å². The Bertz CT molecular complexity index is 370. The molecule has 0 saturated heterocycles. The molecule has 0 aliphatic carbocycles. The third-order valence-electron chi connectivity index (χ3n) is 2.34. The lowest BCUT2D eigenvalue weighted by molar-refractivity contribution is -0.138. The van der Waals surface area contributed by atoms with Crippen LogP contribution in [0, 0.1) is 13.8 Å². The molecule has 94 valence electrons. The summed E-state index contributed by atoms with van der Waals surface area (Å²) < 4.78 is 5.59. The summed E-state index contributed by atoms with van der Waals surface area (Å²) >= 11 is 0. The first-order valence-corrected chi connectivity index (χ1v) is 5.59. The van der Waals surface area contributed by atoms with Crippen LogP contribution in [0.15, 0.2) is 18.2 Å². The van der Waals surface area contributed by atoms with Crippen LogP contribution >= 0.6 is 0 Å². The first-order chi connectivity index (χ1) is 7.97. The predicted octanol–water partition coefficient (Wildman–Crippen LogP) is 1.70. The molecule has 0 aromatic heterocycles. The number of benzene rings is 1. The van der Waals surface area contributed by atoms with Crippen molar-refractivity contribution >= 4 is 5.97 Å². The van der Waals surface area contributed by atoms with Gasteiger partial charge in [0.25, 0.3) is 0 Å². The van der Waals surface area contributed by atoms with Gasteiger partial charge < -0.3 is 9.84 Å². The van der Waals surface area contributed by atoms with E-state index in [0.717, 1.165) is 5.75 Å². The average molecular weight is 237 g/mol. The predicted molar refractivity (Wildman–Crippen MR) is 66.5 cm³/mol. The molecule has 0 spiro atoms. The standard InChI is InChI=1S/C13H19NO3/c1-10-6-11(2)8-12(7-10)17-5-4-14(3)9-13(15)16/h6-8H,4-5,9H2,1-3H3,(H,15,16). The number of nitrogens with zero attached hydrogens (tertiary/aromatic N) is 1. The van der Waals surface area contributed by atoms with Crippen LogP contribution in [0.1, 0.15) is 11.1 Å². The van der Waals surface area contributed by atoms with Crippen LogP contribution in [0.25, 0.3) is 0 Å². The van der Waals surface area contributed by atoms with Gasteiger partial charge in [0.2, 0.25) is 0 Å².